The van der Waals surface area contributed by atoms with Crippen molar-refractivity contribution in [3.8, 4) is 6.07 Å². The lowest BCUT2D eigenvalue weighted by atomic mass is 9.91. The van der Waals surface area contributed by atoms with Crippen LogP contribution in [0.2, 0.25) is 0 Å². The quantitative estimate of drug-likeness (QED) is 0.821. The maximum absolute atomic E-state index is 8.90. The summed E-state index contributed by atoms with van der Waals surface area (Å²) in [5.74, 6) is 0. The lowest BCUT2D eigenvalue weighted by molar-refractivity contribution is 0.413. The number of imidazole rings is 1. The van der Waals surface area contributed by atoms with Crippen LogP contribution >= 0.6 is 0 Å². The molecule has 1 rings (SSSR count). The average Bonchev–Trinajstić information content (AvgIpc) is 2.62. The molecule has 1 heterocycles. The van der Waals surface area contributed by atoms with E-state index in [1.807, 2.05) is 37.9 Å². The van der Waals surface area contributed by atoms with Crippen LogP contribution in [0, 0.1) is 16.7 Å². The molecule has 1 aromatic rings. The minimum atomic E-state index is -0.272. The second-order valence-electron chi connectivity index (χ2n) is 5.03. The molecule has 4 heteroatoms. The normalized spacial score (nSPS) is 13.4. The van der Waals surface area contributed by atoms with Gasteiger partial charge in [0.15, 0.2) is 0 Å². The van der Waals surface area contributed by atoms with Crippen LogP contribution < -0.4 is 5.73 Å². The maximum Gasteiger partial charge on any atom is 0.0949 e. The number of aryl methyl sites for hydroxylation is 1. The molecule has 16 heavy (non-hydrogen) atoms. The molecule has 0 fully saturated rings. The summed E-state index contributed by atoms with van der Waals surface area (Å²) in [6, 6.07) is 2.43. The van der Waals surface area contributed by atoms with Gasteiger partial charge in [-0.05, 0) is 27.2 Å². The Labute approximate surface area is 97.1 Å². The zero-order valence-electron chi connectivity index (χ0n) is 10.3. The zero-order chi connectivity index (χ0) is 12.2. The van der Waals surface area contributed by atoms with Crippen LogP contribution in [0.1, 0.15) is 32.9 Å². The van der Waals surface area contributed by atoms with Crippen LogP contribution in [-0.2, 0) is 13.0 Å². The van der Waals surface area contributed by atoms with Gasteiger partial charge in [0.05, 0.1) is 23.5 Å². The van der Waals surface area contributed by atoms with Crippen molar-refractivity contribution in [3.05, 3.63) is 18.2 Å². The van der Waals surface area contributed by atoms with Gasteiger partial charge in [-0.3, -0.25) is 0 Å². The molecule has 0 aliphatic heterocycles. The SMILES string of the molecule is CC(N)Cc1cn(CCC(C)(C)C#N)cn1. The molecule has 0 amide bonds. The molecular formula is C12H20N4. The first-order chi connectivity index (χ1) is 7.43. The van der Waals surface area contributed by atoms with E-state index < -0.39 is 0 Å². The average molecular weight is 220 g/mol. The highest BCUT2D eigenvalue weighted by atomic mass is 15.0. The molecule has 2 N–H and O–H groups in total. The van der Waals surface area contributed by atoms with Gasteiger partial charge in [0.2, 0.25) is 0 Å². The Morgan fingerprint density at radius 3 is 2.88 bits per heavy atom. The molecule has 1 atom stereocenters. The molecular weight excluding hydrogens is 200 g/mol. The smallest absolute Gasteiger partial charge is 0.0949 e. The Morgan fingerprint density at radius 2 is 2.31 bits per heavy atom. The van der Waals surface area contributed by atoms with Crippen LogP contribution in [0.15, 0.2) is 12.5 Å². The third-order valence-electron chi connectivity index (χ3n) is 2.52. The number of nitriles is 1. The van der Waals surface area contributed by atoms with E-state index in [2.05, 4.69) is 11.1 Å². The molecule has 0 aliphatic carbocycles. The third-order valence-corrected chi connectivity index (χ3v) is 2.52. The fourth-order valence-electron chi connectivity index (χ4n) is 1.43. The van der Waals surface area contributed by atoms with Gasteiger partial charge in [-0.2, -0.15) is 5.26 Å². The summed E-state index contributed by atoms with van der Waals surface area (Å²) in [4.78, 5) is 4.28. The van der Waals surface area contributed by atoms with E-state index in [1.165, 1.54) is 0 Å². The van der Waals surface area contributed by atoms with E-state index in [4.69, 9.17) is 11.0 Å². The Balaban J connectivity index is 2.50. The van der Waals surface area contributed by atoms with E-state index in [0.29, 0.717) is 0 Å². The summed E-state index contributed by atoms with van der Waals surface area (Å²) in [7, 11) is 0. The van der Waals surface area contributed by atoms with Gasteiger partial charge in [0, 0.05) is 25.2 Å². The minimum absolute atomic E-state index is 0.138. The lowest BCUT2D eigenvalue weighted by Gasteiger charge is -2.14. The standard InChI is InChI=1S/C12H20N4/c1-10(14)6-11-7-16(9-15-11)5-4-12(2,3)8-13/h7,9-10H,4-6,14H2,1-3H3. The van der Waals surface area contributed by atoms with E-state index in [1.54, 1.807) is 0 Å². The van der Waals surface area contributed by atoms with Gasteiger partial charge in [0.25, 0.3) is 0 Å². The molecule has 0 bridgehead atoms. The van der Waals surface area contributed by atoms with Crippen molar-refractivity contribution in [2.24, 2.45) is 11.1 Å². The highest BCUT2D eigenvalue weighted by Crippen LogP contribution is 2.19. The maximum atomic E-state index is 8.90. The fraction of sp³-hybridized carbons (Fsp3) is 0.667. The van der Waals surface area contributed by atoms with Gasteiger partial charge in [-0.1, -0.05) is 0 Å². The fourth-order valence-corrected chi connectivity index (χ4v) is 1.43. The van der Waals surface area contributed by atoms with Crippen LogP contribution in [0.5, 0.6) is 0 Å². The number of nitrogens with two attached hydrogens (primary N) is 1. The third kappa shape index (κ3) is 4.03. The summed E-state index contributed by atoms with van der Waals surface area (Å²) >= 11 is 0. The largest absolute Gasteiger partial charge is 0.337 e. The van der Waals surface area contributed by atoms with Crippen molar-refractivity contribution >= 4 is 0 Å². The second-order valence-corrected chi connectivity index (χ2v) is 5.03. The first-order valence-electron chi connectivity index (χ1n) is 5.60. The highest BCUT2D eigenvalue weighted by molar-refractivity contribution is 4.99. The molecule has 0 radical (unpaired) electrons. The summed E-state index contributed by atoms with van der Waals surface area (Å²) in [6.45, 7) is 6.70. The first-order valence-corrected chi connectivity index (χ1v) is 5.60. The molecule has 0 saturated heterocycles. The number of hydrogen-bond donors (Lipinski definition) is 1. The monoisotopic (exact) mass is 220 g/mol. The van der Waals surface area contributed by atoms with Crippen LogP contribution in [-0.4, -0.2) is 15.6 Å². The van der Waals surface area contributed by atoms with E-state index in [-0.39, 0.29) is 11.5 Å². The molecule has 0 spiro atoms. The predicted octanol–water partition coefficient (Wildman–Crippen LogP) is 1.71. The van der Waals surface area contributed by atoms with E-state index in [0.717, 1.165) is 25.1 Å². The summed E-state index contributed by atoms with van der Waals surface area (Å²) in [5.41, 5.74) is 6.45. The first kappa shape index (κ1) is 12.7. The van der Waals surface area contributed by atoms with Crippen molar-refractivity contribution < 1.29 is 0 Å². The lowest BCUT2D eigenvalue weighted by Crippen LogP contribution is -2.17. The van der Waals surface area contributed by atoms with Crippen molar-refractivity contribution in [2.75, 3.05) is 0 Å². The predicted molar refractivity (Wildman–Crippen MR) is 63.6 cm³/mol. The van der Waals surface area contributed by atoms with E-state index in [9.17, 15) is 0 Å². The van der Waals surface area contributed by atoms with Crippen LogP contribution in [0.3, 0.4) is 0 Å². The Bertz CT molecular complexity index is 371. The highest BCUT2D eigenvalue weighted by Gasteiger charge is 2.16. The van der Waals surface area contributed by atoms with Crippen molar-refractivity contribution in [1.82, 2.24) is 9.55 Å². The van der Waals surface area contributed by atoms with Gasteiger partial charge in [-0.25, -0.2) is 4.98 Å². The number of nitrogens with zero attached hydrogens (tertiary/aromatic N) is 3. The molecule has 0 aliphatic rings. The minimum Gasteiger partial charge on any atom is -0.337 e. The molecule has 0 aromatic carbocycles. The topological polar surface area (TPSA) is 67.6 Å². The number of hydrogen-bond acceptors (Lipinski definition) is 3. The summed E-state index contributed by atoms with van der Waals surface area (Å²) < 4.78 is 2.02. The van der Waals surface area contributed by atoms with Crippen molar-refractivity contribution in [2.45, 2.75) is 46.2 Å². The van der Waals surface area contributed by atoms with Gasteiger partial charge in [-0.15, -0.1) is 0 Å². The number of aromatic nitrogens is 2. The number of rotatable bonds is 5. The molecule has 1 unspecified atom stereocenters. The second kappa shape index (κ2) is 5.13. The van der Waals surface area contributed by atoms with Gasteiger partial charge in [0.1, 0.15) is 0 Å². The van der Waals surface area contributed by atoms with Crippen LogP contribution in [0.4, 0.5) is 0 Å². The molecule has 4 nitrogen and oxygen atoms in total. The van der Waals surface area contributed by atoms with E-state index >= 15 is 0 Å². The zero-order valence-corrected chi connectivity index (χ0v) is 10.3. The van der Waals surface area contributed by atoms with Gasteiger partial charge < -0.3 is 10.3 Å². The molecule has 88 valence electrons. The Hall–Kier alpha value is -1.34. The molecule has 1 aromatic heterocycles. The molecule has 0 saturated carbocycles. The van der Waals surface area contributed by atoms with Crippen molar-refractivity contribution in [1.29, 1.82) is 5.26 Å². The van der Waals surface area contributed by atoms with Gasteiger partial charge >= 0.3 is 0 Å². The Morgan fingerprint density at radius 1 is 1.62 bits per heavy atom. The summed E-state index contributed by atoms with van der Waals surface area (Å²) in [5, 5.41) is 8.90. The Kier molecular flexibility index (Phi) is 4.08. The van der Waals surface area contributed by atoms with Crippen molar-refractivity contribution in [3.63, 3.8) is 0 Å². The van der Waals surface area contributed by atoms with Crippen LogP contribution in [0.25, 0.3) is 0 Å². The summed E-state index contributed by atoms with van der Waals surface area (Å²) in [6.07, 6.45) is 5.45.